The zero-order valence-electron chi connectivity index (χ0n) is 26.2. The molecule has 4 rings (SSSR count). The molecule has 0 amide bonds. The number of rotatable bonds is 9. The minimum atomic E-state index is 0.366. The zero-order valence-corrected chi connectivity index (χ0v) is 26.2. The van der Waals surface area contributed by atoms with E-state index in [0.29, 0.717) is 12.7 Å². The molecular weight excluding hydrogens is 490 g/mol. The minimum absolute atomic E-state index is 0.366. The van der Waals surface area contributed by atoms with Crippen LogP contribution in [0.5, 0.6) is 0 Å². The second-order valence-electron chi connectivity index (χ2n) is 9.05. The monoisotopic (exact) mass is 541 g/mol. The SMILES string of the molecule is C=C(/C=C\C(=C/C)c1ccc(-c2cnccc2C)c(CC)c1)OC1CCC1.CC.CC.COCc1ccccc1. The van der Waals surface area contributed by atoms with E-state index < -0.39 is 0 Å². The third-order valence-corrected chi connectivity index (χ3v) is 6.43. The quantitative estimate of drug-likeness (QED) is 0.199. The van der Waals surface area contributed by atoms with E-state index in [2.05, 4.69) is 68.8 Å². The van der Waals surface area contributed by atoms with Gasteiger partial charge in [0, 0.05) is 25.1 Å². The van der Waals surface area contributed by atoms with Gasteiger partial charge in [0.15, 0.2) is 0 Å². The van der Waals surface area contributed by atoms with Crippen LogP contribution in [0.15, 0.2) is 97.6 Å². The molecule has 1 aliphatic rings. The van der Waals surface area contributed by atoms with Crippen LogP contribution in [0, 0.1) is 6.92 Å². The number of nitrogens with zero attached hydrogens (tertiary/aromatic N) is 1. The lowest BCUT2D eigenvalue weighted by Gasteiger charge is -2.26. The summed E-state index contributed by atoms with van der Waals surface area (Å²) in [7, 11) is 1.70. The number of pyridine rings is 1. The molecule has 216 valence electrons. The van der Waals surface area contributed by atoms with Crippen molar-refractivity contribution in [2.24, 2.45) is 0 Å². The number of allylic oxidation sites excluding steroid dienone is 4. The molecule has 0 spiro atoms. The Bertz CT molecular complexity index is 1170. The van der Waals surface area contributed by atoms with Crippen molar-refractivity contribution in [2.75, 3.05) is 7.11 Å². The van der Waals surface area contributed by atoms with Crippen LogP contribution in [0.1, 0.15) is 83.1 Å². The highest BCUT2D eigenvalue weighted by atomic mass is 16.5. The molecule has 0 atom stereocenters. The van der Waals surface area contributed by atoms with Gasteiger partial charge in [-0.3, -0.25) is 4.98 Å². The fourth-order valence-corrected chi connectivity index (χ4v) is 4.10. The first-order chi connectivity index (χ1) is 19.5. The summed E-state index contributed by atoms with van der Waals surface area (Å²) in [5.74, 6) is 0.748. The predicted octanol–water partition coefficient (Wildman–Crippen LogP) is 10.5. The van der Waals surface area contributed by atoms with Crippen molar-refractivity contribution in [3.63, 3.8) is 0 Å². The smallest absolute Gasteiger partial charge is 0.112 e. The Balaban J connectivity index is 0.000000515. The molecule has 3 aromatic rings. The van der Waals surface area contributed by atoms with Gasteiger partial charge in [0.1, 0.15) is 5.76 Å². The number of hydrogen-bond acceptors (Lipinski definition) is 3. The number of hydrogen-bond donors (Lipinski definition) is 0. The largest absolute Gasteiger partial charge is 0.491 e. The summed E-state index contributed by atoms with van der Waals surface area (Å²) in [5, 5.41) is 0. The Labute approximate surface area is 244 Å². The van der Waals surface area contributed by atoms with E-state index in [9.17, 15) is 0 Å². The predicted molar refractivity (Wildman–Crippen MR) is 174 cm³/mol. The molecule has 3 heteroatoms. The Morgan fingerprint density at radius 3 is 2.23 bits per heavy atom. The lowest BCUT2D eigenvalue weighted by Crippen LogP contribution is -2.20. The van der Waals surface area contributed by atoms with E-state index in [4.69, 9.17) is 9.47 Å². The molecule has 0 aliphatic heterocycles. The molecule has 1 aliphatic carbocycles. The molecular formula is C37H51NO2. The molecule has 0 bridgehead atoms. The Hall–Kier alpha value is -3.43. The van der Waals surface area contributed by atoms with Gasteiger partial charge < -0.3 is 9.47 Å². The van der Waals surface area contributed by atoms with Crippen molar-refractivity contribution in [1.29, 1.82) is 0 Å². The molecule has 1 heterocycles. The normalized spacial score (nSPS) is 12.6. The van der Waals surface area contributed by atoms with Gasteiger partial charge in [-0.1, -0.05) is 102 Å². The average Bonchev–Trinajstić information content (AvgIpc) is 2.99. The number of methoxy groups -OCH3 is 1. The molecule has 1 saturated carbocycles. The maximum atomic E-state index is 5.84. The molecule has 0 unspecified atom stereocenters. The third kappa shape index (κ3) is 11.4. The fourth-order valence-electron chi connectivity index (χ4n) is 4.10. The van der Waals surface area contributed by atoms with Gasteiger partial charge in [0.25, 0.3) is 0 Å². The van der Waals surface area contributed by atoms with Crippen LogP contribution in [-0.2, 0) is 22.5 Å². The molecule has 3 nitrogen and oxygen atoms in total. The topological polar surface area (TPSA) is 31.4 Å². The molecule has 0 saturated heterocycles. The number of aromatic nitrogens is 1. The van der Waals surface area contributed by atoms with Crippen molar-refractivity contribution in [3.8, 4) is 11.1 Å². The summed E-state index contributed by atoms with van der Waals surface area (Å²) >= 11 is 0. The van der Waals surface area contributed by atoms with Crippen LogP contribution in [0.2, 0.25) is 0 Å². The van der Waals surface area contributed by atoms with Crippen LogP contribution in [0.3, 0.4) is 0 Å². The van der Waals surface area contributed by atoms with Crippen molar-refractivity contribution in [1.82, 2.24) is 4.98 Å². The Morgan fingerprint density at radius 2 is 1.68 bits per heavy atom. The summed E-state index contributed by atoms with van der Waals surface area (Å²) in [6.45, 7) is 19.1. The van der Waals surface area contributed by atoms with E-state index >= 15 is 0 Å². The van der Waals surface area contributed by atoms with Gasteiger partial charge in [-0.15, -0.1) is 0 Å². The molecule has 1 fully saturated rings. The highest BCUT2D eigenvalue weighted by Gasteiger charge is 2.18. The lowest BCUT2D eigenvalue weighted by atomic mass is 9.92. The third-order valence-electron chi connectivity index (χ3n) is 6.43. The van der Waals surface area contributed by atoms with Crippen molar-refractivity contribution in [2.45, 2.75) is 86.9 Å². The second-order valence-corrected chi connectivity index (χ2v) is 9.05. The summed E-state index contributed by atoms with van der Waals surface area (Å²) in [6, 6.07) is 18.9. The van der Waals surface area contributed by atoms with Gasteiger partial charge in [-0.25, -0.2) is 0 Å². The number of aryl methyl sites for hydroxylation is 2. The second kappa shape index (κ2) is 20.5. The Kier molecular flexibility index (Phi) is 17.7. The summed E-state index contributed by atoms with van der Waals surface area (Å²) < 4.78 is 10.8. The standard InChI is InChI=1S/C25H29NO.C8H10O.2C2H6/c1-5-20(11-10-19(4)27-23-8-7-9-23)22-12-13-24(21(6-2)16-22)25-17-26-15-14-18(25)3;1-9-7-8-5-3-2-4-6-8;2*1-2/h5,10-17,23H,4,6-9H2,1-3H3;2-6H,7H2,1H3;2*1-2H3/b11-10-,20-5+;;;. The van der Waals surface area contributed by atoms with Crippen LogP contribution in [0.25, 0.3) is 16.7 Å². The first kappa shape index (κ1) is 34.6. The van der Waals surface area contributed by atoms with Gasteiger partial charge in [0.2, 0.25) is 0 Å². The highest BCUT2D eigenvalue weighted by Crippen LogP contribution is 2.30. The fraction of sp³-hybridized carbons (Fsp3) is 0.378. The van der Waals surface area contributed by atoms with E-state index in [1.807, 2.05) is 76.5 Å². The van der Waals surface area contributed by atoms with Gasteiger partial charge >= 0.3 is 0 Å². The Morgan fingerprint density at radius 1 is 0.975 bits per heavy atom. The average molecular weight is 542 g/mol. The summed E-state index contributed by atoms with van der Waals surface area (Å²) in [5.41, 5.74) is 8.68. The molecule has 1 aromatic heterocycles. The van der Waals surface area contributed by atoms with Crippen molar-refractivity contribution < 1.29 is 9.47 Å². The number of ether oxygens (including phenoxy) is 2. The van der Waals surface area contributed by atoms with E-state index in [-0.39, 0.29) is 0 Å². The van der Waals surface area contributed by atoms with E-state index in [1.165, 1.54) is 45.4 Å². The molecule has 0 N–H and O–H groups in total. The van der Waals surface area contributed by atoms with Gasteiger partial charge in [-0.05, 0) is 85.1 Å². The zero-order chi connectivity index (χ0) is 29.8. The highest BCUT2D eigenvalue weighted by molar-refractivity contribution is 5.78. The lowest BCUT2D eigenvalue weighted by molar-refractivity contribution is 0.0599. The summed E-state index contributed by atoms with van der Waals surface area (Å²) in [6.07, 6.45) is 14.9. The maximum absolute atomic E-state index is 5.84. The van der Waals surface area contributed by atoms with E-state index in [1.54, 1.807) is 7.11 Å². The van der Waals surface area contributed by atoms with Crippen LogP contribution in [0.4, 0.5) is 0 Å². The van der Waals surface area contributed by atoms with Gasteiger partial charge in [-0.2, -0.15) is 0 Å². The number of benzene rings is 2. The summed E-state index contributed by atoms with van der Waals surface area (Å²) in [4.78, 5) is 4.31. The van der Waals surface area contributed by atoms with Gasteiger partial charge in [0.05, 0.1) is 12.7 Å². The van der Waals surface area contributed by atoms with Crippen molar-refractivity contribution in [3.05, 3.63) is 120 Å². The van der Waals surface area contributed by atoms with Crippen LogP contribution in [-0.4, -0.2) is 18.2 Å². The first-order valence-electron chi connectivity index (χ1n) is 14.8. The van der Waals surface area contributed by atoms with Crippen LogP contribution < -0.4 is 0 Å². The maximum Gasteiger partial charge on any atom is 0.112 e. The molecule has 0 radical (unpaired) electrons. The molecule has 2 aromatic carbocycles. The first-order valence-corrected chi connectivity index (χ1v) is 14.8. The van der Waals surface area contributed by atoms with Crippen molar-refractivity contribution >= 4 is 5.57 Å². The minimum Gasteiger partial charge on any atom is -0.491 e. The van der Waals surface area contributed by atoms with E-state index in [0.717, 1.165) is 25.0 Å². The van der Waals surface area contributed by atoms with Crippen LogP contribution >= 0.6 is 0 Å². The molecule has 40 heavy (non-hydrogen) atoms.